The molecule has 0 atom stereocenters. The maximum atomic E-state index is 11.8. The lowest BCUT2D eigenvalue weighted by Gasteiger charge is -2.06. The first-order valence-electron chi connectivity index (χ1n) is 4.75. The lowest BCUT2D eigenvalue weighted by atomic mass is 10.6. The summed E-state index contributed by atoms with van der Waals surface area (Å²) < 4.78 is 32.0. The standard InChI is InChI=1S/C7H12BrN5O4S/c1-13-7(6(8)11-12-13)18(15,16)10-2-3-17-4-5(9)14/h10H,2-4H2,1H3,(H2,9,14). The molecule has 0 aliphatic heterocycles. The number of hydrogen-bond acceptors (Lipinski definition) is 6. The molecule has 11 heteroatoms. The van der Waals surface area contributed by atoms with E-state index < -0.39 is 15.9 Å². The van der Waals surface area contributed by atoms with Crippen molar-refractivity contribution < 1.29 is 17.9 Å². The fraction of sp³-hybridized carbons (Fsp3) is 0.571. The normalized spacial score (nSPS) is 11.7. The van der Waals surface area contributed by atoms with E-state index in [4.69, 9.17) is 10.5 Å². The van der Waals surface area contributed by atoms with Crippen molar-refractivity contribution in [3.63, 3.8) is 0 Å². The van der Waals surface area contributed by atoms with Crippen LogP contribution in [0.15, 0.2) is 9.63 Å². The fourth-order valence-corrected chi connectivity index (χ4v) is 3.20. The van der Waals surface area contributed by atoms with E-state index in [-0.39, 0.29) is 29.4 Å². The zero-order chi connectivity index (χ0) is 13.8. The number of nitrogens with one attached hydrogen (secondary N) is 1. The van der Waals surface area contributed by atoms with E-state index in [9.17, 15) is 13.2 Å². The molecular weight excluding hydrogens is 330 g/mol. The van der Waals surface area contributed by atoms with Crippen molar-refractivity contribution in [3.05, 3.63) is 4.60 Å². The molecule has 0 aromatic carbocycles. The summed E-state index contributed by atoms with van der Waals surface area (Å²) in [7, 11) is -2.28. The Hall–Kier alpha value is -1.04. The van der Waals surface area contributed by atoms with Crippen molar-refractivity contribution in [3.8, 4) is 0 Å². The first-order chi connectivity index (χ1) is 8.34. The topological polar surface area (TPSA) is 129 Å². The SMILES string of the molecule is Cn1nnc(Br)c1S(=O)(=O)NCCOCC(N)=O. The average molecular weight is 342 g/mol. The molecule has 1 rings (SSSR count). The van der Waals surface area contributed by atoms with Gasteiger partial charge in [-0.15, -0.1) is 5.10 Å². The second kappa shape index (κ2) is 6.22. The van der Waals surface area contributed by atoms with Crippen molar-refractivity contribution in [1.29, 1.82) is 0 Å². The van der Waals surface area contributed by atoms with Crippen molar-refractivity contribution in [2.45, 2.75) is 5.03 Å². The van der Waals surface area contributed by atoms with Gasteiger partial charge in [0, 0.05) is 13.6 Å². The molecule has 0 spiro atoms. The van der Waals surface area contributed by atoms with E-state index in [2.05, 4.69) is 31.0 Å². The van der Waals surface area contributed by atoms with Crippen LogP contribution in [0, 0.1) is 0 Å². The molecule has 1 heterocycles. The third-order valence-electron chi connectivity index (χ3n) is 1.77. The Morgan fingerprint density at radius 3 is 2.78 bits per heavy atom. The van der Waals surface area contributed by atoms with Gasteiger partial charge in [0.25, 0.3) is 10.0 Å². The van der Waals surface area contributed by atoms with Gasteiger partial charge in [-0.1, -0.05) is 5.21 Å². The van der Waals surface area contributed by atoms with Crippen LogP contribution in [0.4, 0.5) is 0 Å². The molecule has 102 valence electrons. The third-order valence-corrected chi connectivity index (χ3v) is 4.12. The second-order valence-corrected chi connectivity index (χ2v) is 5.66. The number of hydrogen-bond donors (Lipinski definition) is 2. The quantitative estimate of drug-likeness (QED) is 0.572. The van der Waals surface area contributed by atoms with Crippen LogP contribution in [-0.2, 0) is 26.6 Å². The van der Waals surface area contributed by atoms with Gasteiger partial charge in [-0.05, 0) is 15.9 Å². The van der Waals surface area contributed by atoms with E-state index in [0.29, 0.717) is 0 Å². The summed E-state index contributed by atoms with van der Waals surface area (Å²) in [6.45, 7) is -0.211. The highest BCUT2D eigenvalue weighted by molar-refractivity contribution is 9.10. The number of nitrogens with zero attached hydrogens (tertiary/aromatic N) is 3. The molecule has 3 N–H and O–H groups in total. The predicted molar refractivity (Wildman–Crippen MR) is 63.9 cm³/mol. The highest BCUT2D eigenvalue weighted by Gasteiger charge is 2.23. The van der Waals surface area contributed by atoms with Crippen LogP contribution in [0.5, 0.6) is 0 Å². The summed E-state index contributed by atoms with van der Waals surface area (Å²) >= 11 is 2.99. The molecule has 0 aliphatic rings. The first-order valence-corrected chi connectivity index (χ1v) is 7.03. The first kappa shape index (κ1) is 15.0. The molecule has 0 saturated carbocycles. The number of aryl methyl sites for hydroxylation is 1. The van der Waals surface area contributed by atoms with Gasteiger partial charge in [-0.25, -0.2) is 17.8 Å². The highest BCUT2D eigenvalue weighted by Crippen LogP contribution is 2.17. The second-order valence-electron chi connectivity index (χ2n) is 3.23. The molecule has 0 saturated heterocycles. The third kappa shape index (κ3) is 4.01. The molecule has 0 aliphatic carbocycles. The van der Waals surface area contributed by atoms with E-state index >= 15 is 0 Å². The fourth-order valence-electron chi connectivity index (χ4n) is 1.10. The summed E-state index contributed by atoms with van der Waals surface area (Å²) in [6.07, 6.45) is 0. The van der Waals surface area contributed by atoms with Crippen LogP contribution >= 0.6 is 15.9 Å². The number of rotatable bonds is 7. The molecule has 1 amide bonds. The Morgan fingerprint density at radius 2 is 2.28 bits per heavy atom. The summed E-state index contributed by atoms with van der Waals surface area (Å²) in [4.78, 5) is 10.4. The summed E-state index contributed by atoms with van der Waals surface area (Å²) in [5.74, 6) is -0.614. The zero-order valence-corrected chi connectivity index (χ0v) is 11.9. The van der Waals surface area contributed by atoms with Crippen LogP contribution in [0.2, 0.25) is 0 Å². The molecule has 0 bridgehead atoms. The van der Waals surface area contributed by atoms with Crippen molar-refractivity contribution in [1.82, 2.24) is 19.7 Å². The van der Waals surface area contributed by atoms with Gasteiger partial charge < -0.3 is 10.5 Å². The molecule has 0 unspecified atom stereocenters. The summed E-state index contributed by atoms with van der Waals surface area (Å²) in [5, 5.41) is 7.04. The number of halogens is 1. The average Bonchev–Trinajstić information content (AvgIpc) is 2.57. The molecule has 1 aromatic heterocycles. The lowest BCUT2D eigenvalue weighted by Crippen LogP contribution is -2.30. The number of carbonyl (C=O) groups excluding carboxylic acids is 1. The minimum atomic E-state index is -3.73. The number of aromatic nitrogens is 3. The Morgan fingerprint density at radius 1 is 1.61 bits per heavy atom. The van der Waals surface area contributed by atoms with E-state index in [1.165, 1.54) is 7.05 Å². The minimum Gasteiger partial charge on any atom is -0.370 e. The van der Waals surface area contributed by atoms with Crippen LogP contribution in [0.1, 0.15) is 0 Å². The number of ether oxygens (including phenoxy) is 1. The number of sulfonamides is 1. The molecule has 0 radical (unpaired) electrons. The Bertz CT molecular complexity index is 508. The van der Waals surface area contributed by atoms with Gasteiger partial charge in [0.1, 0.15) is 6.61 Å². The Kier molecular flexibility index (Phi) is 5.19. The summed E-state index contributed by atoms with van der Waals surface area (Å²) in [6, 6.07) is 0. The Balaban J connectivity index is 2.54. The number of nitrogens with two attached hydrogens (primary N) is 1. The van der Waals surface area contributed by atoms with Crippen LogP contribution in [-0.4, -0.2) is 49.1 Å². The van der Waals surface area contributed by atoms with E-state index in [0.717, 1.165) is 4.68 Å². The van der Waals surface area contributed by atoms with Gasteiger partial charge in [0.05, 0.1) is 6.61 Å². The molecule has 9 nitrogen and oxygen atoms in total. The predicted octanol–water partition coefficient (Wildman–Crippen LogP) is -1.64. The molecule has 1 aromatic rings. The maximum Gasteiger partial charge on any atom is 0.260 e. The van der Waals surface area contributed by atoms with Crippen molar-refractivity contribution in [2.75, 3.05) is 19.8 Å². The smallest absolute Gasteiger partial charge is 0.260 e. The van der Waals surface area contributed by atoms with Crippen molar-refractivity contribution in [2.24, 2.45) is 12.8 Å². The van der Waals surface area contributed by atoms with Gasteiger partial charge in [-0.2, -0.15) is 0 Å². The largest absolute Gasteiger partial charge is 0.370 e. The van der Waals surface area contributed by atoms with Crippen molar-refractivity contribution >= 4 is 31.9 Å². The van der Waals surface area contributed by atoms with Gasteiger partial charge in [-0.3, -0.25) is 4.79 Å². The monoisotopic (exact) mass is 341 g/mol. The minimum absolute atomic E-state index is 0.00718. The maximum absolute atomic E-state index is 11.8. The number of amides is 1. The summed E-state index contributed by atoms with van der Waals surface area (Å²) in [5.41, 5.74) is 4.85. The van der Waals surface area contributed by atoms with Gasteiger partial charge in [0.15, 0.2) is 4.60 Å². The van der Waals surface area contributed by atoms with Crippen LogP contribution in [0.25, 0.3) is 0 Å². The van der Waals surface area contributed by atoms with E-state index in [1.54, 1.807) is 0 Å². The van der Waals surface area contributed by atoms with Crippen LogP contribution in [0.3, 0.4) is 0 Å². The molecule has 18 heavy (non-hydrogen) atoms. The van der Waals surface area contributed by atoms with Crippen LogP contribution < -0.4 is 10.5 Å². The Labute approximate surface area is 112 Å². The zero-order valence-electron chi connectivity index (χ0n) is 9.46. The number of primary amides is 1. The van der Waals surface area contributed by atoms with Gasteiger partial charge >= 0.3 is 0 Å². The number of carbonyl (C=O) groups is 1. The van der Waals surface area contributed by atoms with Gasteiger partial charge in [0.2, 0.25) is 10.9 Å². The molecular formula is C7H12BrN5O4S. The lowest BCUT2D eigenvalue weighted by molar-refractivity contribution is -0.122. The van der Waals surface area contributed by atoms with E-state index in [1.807, 2.05) is 0 Å². The highest BCUT2D eigenvalue weighted by atomic mass is 79.9. The molecule has 0 fully saturated rings.